The third kappa shape index (κ3) is 6.09. The summed E-state index contributed by atoms with van der Waals surface area (Å²) in [5.74, 6) is -1.23. The first-order valence-corrected chi connectivity index (χ1v) is 9.29. The molecule has 0 saturated carbocycles. The van der Waals surface area contributed by atoms with Crippen molar-refractivity contribution in [3.63, 3.8) is 0 Å². The minimum Gasteiger partial charge on any atom is -0.465 e. The molecule has 3 amide bonds. The van der Waals surface area contributed by atoms with Crippen LogP contribution in [0.2, 0.25) is 0 Å². The van der Waals surface area contributed by atoms with Crippen LogP contribution >= 0.6 is 11.3 Å². The predicted octanol–water partition coefficient (Wildman–Crippen LogP) is 2.88. The fourth-order valence-electron chi connectivity index (χ4n) is 2.52. The van der Waals surface area contributed by atoms with Crippen LogP contribution in [0.1, 0.15) is 63.0 Å². The SMILES string of the molecule is CC(C)(C)N(CC(CN(C(=O)O)C(C)(C)C)c1nc(C(N)=O)cs1)C(=O)O. The molecule has 0 radical (unpaired) electrons. The molecule has 0 fully saturated rings. The maximum absolute atomic E-state index is 11.7. The normalized spacial score (nSPS) is 12.1. The van der Waals surface area contributed by atoms with Crippen molar-refractivity contribution >= 4 is 29.4 Å². The van der Waals surface area contributed by atoms with Crippen molar-refractivity contribution in [2.45, 2.75) is 58.5 Å². The number of aromatic nitrogens is 1. The molecular weight excluding hydrogens is 372 g/mol. The number of carbonyl (C=O) groups is 3. The molecular formula is C17H28N4O5S. The maximum Gasteiger partial charge on any atom is 0.407 e. The summed E-state index contributed by atoms with van der Waals surface area (Å²) < 4.78 is 0. The molecule has 0 spiro atoms. The number of nitrogens with zero attached hydrogens (tertiary/aromatic N) is 3. The fourth-order valence-corrected chi connectivity index (χ4v) is 3.41. The Morgan fingerprint density at radius 1 is 1.04 bits per heavy atom. The van der Waals surface area contributed by atoms with Crippen molar-refractivity contribution in [1.82, 2.24) is 14.8 Å². The Bertz CT molecular complexity index is 671. The highest BCUT2D eigenvalue weighted by molar-refractivity contribution is 7.09. The first kappa shape index (κ1) is 22.7. The van der Waals surface area contributed by atoms with Crippen LogP contribution in [0.15, 0.2) is 5.38 Å². The second kappa shape index (κ2) is 8.12. The summed E-state index contributed by atoms with van der Waals surface area (Å²) in [6.45, 7) is 10.6. The average Bonchev–Trinajstić information content (AvgIpc) is 2.93. The van der Waals surface area contributed by atoms with E-state index in [2.05, 4.69) is 4.98 Å². The molecule has 10 heteroatoms. The third-order valence-corrected chi connectivity index (χ3v) is 5.02. The molecule has 1 heterocycles. The van der Waals surface area contributed by atoms with Crippen LogP contribution in [0.25, 0.3) is 0 Å². The second-order valence-corrected chi connectivity index (χ2v) is 9.15. The van der Waals surface area contributed by atoms with Crippen LogP contribution in [0.3, 0.4) is 0 Å². The topological polar surface area (TPSA) is 137 Å². The number of rotatable bonds is 6. The van der Waals surface area contributed by atoms with Gasteiger partial charge in [-0.3, -0.25) is 4.79 Å². The van der Waals surface area contributed by atoms with Gasteiger partial charge in [-0.1, -0.05) is 0 Å². The van der Waals surface area contributed by atoms with E-state index in [1.807, 2.05) is 0 Å². The minimum absolute atomic E-state index is 0.0322. The molecule has 0 saturated heterocycles. The molecule has 0 aliphatic carbocycles. The van der Waals surface area contributed by atoms with Crippen molar-refractivity contribution in [3.8, 4) is 0 Å². The number of primary amides is 1. The van der Waals surface area contributed by atoms with Crippen molar-refractivity contribution in [1.29, 1.82) is 0 Å². The fraction of sp³-hybridized carbons (Fsp3) is 0.647. The molecule has 1 aromatic heterocycles. The number of carboxylic acid groups (broad SMARTS) is 2. The largest absolute Gasteiger partial charge is 0.465 e. The molecule has 1 aromatic rings. The van der Waals surface area contributed by atoms with Gasteiger partial charge in [-0.25, -0.2) is 14.6 Å². The Kier molecular flexibility index (Phi) is 6.82. The van der Waals surface area contributed by atoms with E-state index < -0.39 is 35.1 Å². The quantitative estimate of drug-likeness (QED) is 0.671. The second-order valence-electron chi connectivity index (χ2n) is 8.26. The molecule has 0 aliphatic heterocycles. The number of carbonyl (C=O) groups excluding carboxylic acids is 1. The van der Waals surface area contributed by atoms with Crippen LogP contribution in [0, 0.1) is 0 Å². The van der Waals surface area contributed by atoms with Gasteiger partial charge in [-0.05, 0) is 41.5 Å². The number of nitrogens with two attached hydrogens (primary N) is 1. The van der Waals surface area contributed by atoms with Gasteiger partial charge in [-0.2, -0.15) is 0 Å². The van der Waals surface area contributed by atoms with E-state index in [4.69, 9.17) is 5.73 Å². The maximum atomic E-state index is 11.7. The lowest BCUT2D eigenvalue weighted by Crippen LogP contribution is -2.51. The Morgan fingerprint density at radius 2 is 1.44 bits per heavy atom. The van der Waals surface area contributed by atoms with E-state index in [1.54, 1.807) is 41.5 Å². The van der Waals surface area contributed by atoms with E-state index in [-0.39, 0.29) is 18.8 Å². The average molecular weight is 401 g/mol. The van der Waals surface area contributed by atoms with Gasteiger partial charge >= 0.3 is 12.2 Å². The van der Waals surface area contributed by atoms with Gasteiger partial charge in [0.2, 0.25) is 0 Å². The summed E-state index contributed by atoms with van der Waals surface area (Å²) >= 11 is 1.16. The van der Waals surface area contributed by atoms with Crippen LogP contribution in [0.5, 0.6) is 0 Å². The first-order valence-electron chi connectivity index (χ1n) is 8.41. The lowest BCUT2D eigenvalue weighted by Gasteiger charge is -2.39. The highest BCUT2D eigenvalue weighted by atomic mass is 32.1. The monoisotopic (exact) mass is 400 g/mol. The predicted molar refractivity (Wildman–Crippen MR) is 102 cm³/mol. The Hall–Kier alpha value is -2.36. The summed E-state index contributed by atoms with van der Waals surface area (Å²) in [5, 5.41) is 21.2. The Balaban J connectivity index is 3.32. The summed E-state index contributed by atoms with van der Waals surface area (Å²) in [7, 11) is 0. The molecule has 27 heavy (non-hydrogen) atoms. The van der Waals surface area contributed by atoms with Crippen molar-refractivity contribution in [2.75, 3.05) is 13.1 Å². The molecule has 1 rings (SSSR count). The van der Waals surface area contributed by atoms with Crippen molar-refractivity contribution in [2.24, 2.45) is 5.73 Å². The van der Waals surface area contributed by atoms with Crippen molar-refractivity contribution < 1.29 is 24.6 Å². The minimum atomic E-state index is -1.11. The summed E-state index contributed by atoms with van der Waals surface area (Å²) in [6.07, 6.45) is -2.23. The lowest BCUT2D eigenvalue weighted by molar-refractivity contribution is 0.0757. The van der Waals surface area contributed by atoms with Crippen LogP contribution in [-0.2, 0) is 0 Å². The molecule has 0 unspecified atom stereocenters. The standard InChI is InChI=1S/C17H28N4O5S/c1-16(2,3)20(14(23)24)7-10(8-21(15(25)26)17(4,5)6)13-19-11(9-27-13)12(18)22/h9-10H,7-8H2,1-6H3,(H2,18,22)(H,23,24)(H,25,26). The molecule has 0 bridgehead atoms. The van der Waals surface area contributed by atoms with Gasteiger partial charge in [0.15, 0.2) is 0 Å². The summed E-state index contributed by atoms with van der Waals surface area (Å²) in [4.78, 5) is 41.6. The molecule has 0 aromatic carbocycles. The van der Waals surface area contributed by atoms with E-state index in [9.17, 15) is 24.6 Å². The summed E-state index contributed by atoms with van der Waals surface area (Å²) in [6, 6.07) is 0. The van der Waals surface area contributed by atoms with E-state index >= 15 is 0 Å². The number of thiazole rings is 1. The Labute approximate surface area is 162 Å². The zero-order chi connectivity index (χ0) is 21.2. The van der Waals surface area contributed by atoms with Crippen LogP contribution < -0.4 is 5.73 Å². The summed E-state index contributed by atoms with van der Waals surface area (Å²) in [5.41, 5.74) is 3.96. The molecule has 4 N–H and O–H groups in total. The third-order valence-electron chi connectivity index (χ3n) is 4.01. The van der Waals surface area contributed by atoms with E-state index in [1.165, 1.54) is 15.2 Å². The van der Waals surface area contributed by atoms with Gasteiger partial charge in [0, 0.05) is 35.5 Å². The van der Waals surface area contributed by atoms with Gasteiger partial charge in [0.05, 0.1) is 0 Å². The first-order chi connectivity index (χ1) is 12.1. The van der Waals surface area contributed by atoms with E-state index in [0.717, 1.165) is 11.3 Å². The number of hydrogen-bond acceptors (Lipinski definition) is 5. The molecule has 0 atom stereocenters. The van der Waals surface area contributed by atoms with Gasteiger partial charge < -0.3 is 25.7 Å². The Morgan fingerprint density at radius 3 is 1.70 bits per heavy atom. The van der Waals surface area contributed by atoms with Crippen molar-refractivity contribution in [3.05, 3.63) is 16.1 Å². The molecule has 152 valence electrons. The zero-order valence-electron chi connectivity index (χ0n) is 16.5. The van der Waals surface area contributed by atoms with Crippen LogP contribution in [-0.4, -0.2) is 67.3 Å². The van der Waals surface area contributed by atoms with Gasteiger partial charge in [0.25, 0.3) is 5.91 Å². The lowest BCUT2D eigenvalue weighted by atomic mass is 10.00. The highest BCUT2D eigenvalue weighted by Gasteiger charge is 2.35. The number of amides is 3. The molecule has 9 nitrogen and oxygen atoms in total. The zero-order valence-corrected chi connectivity index (χ0v) is 17.3. The number of hydrogen-bond donors (Lipinski definition) is 3. The highest BCUT2D eigenvalue weighted by Crippen LogP contribution is 2.28. The van der Waals surface area contributed by atoms with E-state index in [0.29, 0.717) is 5.01 Å². The smallest absolute Gasteiger partial charge is 0.407 e. The van der Waals surface area contributed by atoms with Crippen LogP contribution in [0.4, 0.5) is 9.59 Å². The molecule has 0 aliphatic rings. The van der Waals surface area contributed by atoms with Gasteiger partial charge in [0.1, 0.15) is 10.7 Å². The van der Waals surface area contributed by atoms with Gasteiger partial charge in [-0.15, -0.1) is 11.3 Å².